The number of carbonyl (C=O) groups is 1. The number of amides is 1. The summed E-state index contributed by atoms with van der Waals surface area (Å²) < 4.78 is 65.6. The third kappa shape index (κ3) is 4.55. The molecular weight excluding hydrogens is 405 g/mol. The highest BCUT2D eigenvalue weighted by Crippen LogP contribution is 2.33. The fraction of sp³-hybridized carbons (Fsp3) is 0.350. The highest BCUT2D eigenvalue weighted by Gasteiger charge is 2.42. The first kappa shape index (κ1) is 21.2. The van der Waals surface area contributed by atoms with Crippen LogP contribution in [0.1, 0.15) is 23.2 Å². The fourth-order valence-electron chi connectivity index (χ4n) is 3.32. The lowest BCUT2D eigenvalue weighted by Crippen LogP contribution is -2.44. The lowest BCUT2D eigenvalue weighted by atomic mass is 9.97. The second-order valence-electron chi connectivity index (χ2n) is 6.96. The number of anilines is 1. The molecule has 3 rings (SSSR count). The van der Waals surface area contributed by atoms with Gasteiger partial charge in [0, 0.05) is 25.7 Å². The Morgan fingerprint density at radius 2 is 1.69 bits per heavy atom. The molecule has 1 saturated heterocycles. The topological polar surface area (TPSA) is 57.7 Å². The Hall–Kier alpha value is -2.55. The summed E-state index contributed by atoms with van der Waals surface area (Å²) in [5, 5.41) is 0. The lowest BCUT2D eigenvalue weighted by molar-refractivity contribution is -0.184. The molecule has 29 heavy (non-hydrogen) atoms. The van der Waals surface area contributed by atoms with E-state index in [-0.39, 0.29) is 36.4 Å². The van der Waals surface area contributed by atoms with E-state index in [0.717, 1.165) is 4.31 Å². The molecule has 9 heteroatoms. The normalized spacial score (nSPS) is 17.8. The number of piperidine rings is 1. The summed E-state index contributed by atoms with van der Waals surface area (Å²) in [5.41, 5.74) is 0.647. The third-order valence-corrected chi connectivity index (χ3v) is 6.85. The minimum absolute atomic E-state index is 0.00721. The van der Waals surface area contributed by atoms with E-state index in [1.807, 2.05) is 0 Å². The lowest BCUT2D eigenvalue weighted by Gasteiger charge is -2.33. The molecule has 1 amide bonds. The van der Waals surface area contributed by atoms with E-state index in [2.05, 4.69) is 0 Å². The molecule has 5 nitrogen and oxygen atoms in total. The summed E-state index contributed by atoms with van der Waals surface area (Å²) in [6.45, 7) is -0.124. The number of alkyl halides is 3. The summed E-state index contributed by atoms with van der Waals surface area (Å²) in [4.78, 5) is 13.8. The second kappa shape index (κ2) is 8.06. The molecule has 0 radical (unpaired) electrons. The summed E-state index contributed by atoms with van der Waals surface area (Å²) in [6.07, 6.45) is -4.04. The van der Waals surface area contributed by atoms with E-state index in [1.54, 1.807) is 30.3 Å². The number of sulfonamides is 1. The van der Waals surface area contributed by atoms with Gasteiger partial charge in [-0.3, -0.25) is 9.10 Å². The Bertz CT molecular complexity index is 961. The molecule has 0 bridgehead atoms. The van der Waals surface area contributed by atoms with Gasteiger partial charge in [0.25, 0.3) is 15.9 Å². The van der Waals surface area contributed by atoms with Gasteiger partial charge in [-0.05, 0) is 49.2 Å². The van der Waals surface area contributed by atoms with Crippen molar-refractivity contribution in [3.8, 4) is 0 Å². The van der Waals surface area contributed by atoms with Crippen molar-refractivity contribution >= 4 is 21.6 Å². The standard InChI is InChI=1S/C20H21F3N2O3S/c1-24(17-7-3-2-4-8-17)29(27,28)18-11-9-15(10-12-18)19(26)25-13-5-6-16(14-25)20(21,22)23/h2-4,7-12,16H,5-6,13-14H2,1H3/t16-/m1/s1. The van der Waals surface area contributed by atoms with Gasteiger partial charge in [0.2, 0.25) is 0 Å². The maximum atomic E-state index is 13.0. The molecule has 2 aromatic rings. The smallest absolute Gasteiger partial charge is 0.338 e. The first-order valence-electron chi connectivity index (χ1n) is 9.11. The SMILES string of the molecule is CN(c1ccccc1)S(=O)(=O)c1ccc(C(=O)N2CCC[C@@H](C(F)(F)F)C2)cc1. The van der Waals surface area contributed by atoms with Crippen LogP contribution in [0.2, 0.25) is 0 Å². The Morgan fingerprint density at radius 3 is 2.28 bits per heavy atom. The number of likely N-dealkylation sites (tertiary alicyclic amines) is 1. The van der Waals surface area contributed by atoms with Gasteiger partial charge in [-0.25, -0.2) is 8.42 Å². The van der Waals surface area contributed by atoms with Crippen LogP contribution in [0, 0.1) is 5.92 Å². The Balaban J connectivity index is 1.77. The van der Waals surface area contributed by atoms with E-state index in [4.69, 9.17) is 0 Å². The van der Waals surface area contributed by atoms with E-state index in [0.29, 0.717) is 5.69 Å². The highest BCUT2D eigenvalue weighted by molar-refractivity contribution is 7.92. The number of carbonyl (C=O) groups excluding carboxylic acids is 1. The van der Waals surface area contributed by atoms with Crippen LogP contribution in [-0.2, 0) is 10.0 Å². The van der Waals surface area contributed by atoms with Gasteiger partial charge >= 0.3 is 6.18 Å². The second-order valence-corrected chi connectivity index (χ2v) is 8.93. The molecule has 2 aromatic carbocycles. The Morgan fingerprint density at radius 1 is 1.07 bits per heavy atom. The van der Waals surface area contributed by atoms with Crippen molar-refractivity contribution in [2.24, 2.45) is 5.92 Å². The monoisotopic (exact) mass is 426 g/mol. The van der Waals surface area contributed by atoms with Crippen molar-refractivity contribution in [3.05, 3.63) is 60.2 Å². The van der Waals surface area contributed by atoms with Crippen LogP contribution in [0.25, 0.3) is 0 Å². The van der Waals surface area contributed by atoms with Gasteiger partial charge in [-0.15, -0.1) is 0 Å². The van der Waals surface area contributed by atoms with Crippen LogP contribution in [0.15, 0.2) is 59.5 Å². The van der Waals surface area contributed by atoms with Crippen molar-refractivity contribution in [3.63, 3.8) is 0 Å². The number of benzene rings is 2. The molecule has 0 saturated carbocycles. The number of nitrogens with zero attached hydrogens (tertiary/aromatic N) is 2. The molecular formula is C20H21F3N2O3S. The molecule has 0 spiro atoms. The van der Waals surface area contributed by atoms with E-state index >= 15 is 0 Å². The van der Waals surface area contributed by atoms with Crippen LogP contribution in [0.5, 0.6) is 0 Å². The van der Waals surface area contributed by atoms with Gasteiger partial charge in [-0.1, -0.05) is 18.2 Å². The largest absolute Gasteiger partial charge is 0.393 e. The predicted octanol–water partition coefficient (Wildman–Crippen LogP) is 3.93. The van der Waals surface area contributed by atoms with Crippen LogP contribution >= 0.6 is 0 Å². The molecule has 0 aromatic heterocycles. The molecule has 1 heterocycles. The molecule has 0 unspecified atom stereocenters. The summed E-state index contributed by atoms with van der Waals surface area (Å²) in [6, 6.07) is 13.8. The zero-order valence-corrected chi connectivity index (χ0v) is 16.6. The minimum atomic E-state index is -4.33. The summed E-state index contributed by atoms with van der Waals surface area (Å²) >= 11 is 0. The quantitative estimate of drug-likeness (QED) is 0.745. The van der Waals surface area contributed by atoms with Crippen LogP contribution in [-0.4, -0.2) is 45.5 Å². The van der Waals surface area contributed by atoms with E-state index in [9.17, 15) is 26.4 Å². The van der Waals surface area contributed by atoms with Gasteiger partial charge in [0.1, 0.15) is 0 Å². The fourth-order valence-corrected chi connectivity index (χ4v) is 4.51. The number of para-hydroxylation sites is 1. The minimum Gasteiger partial charge on any atom is -0.338 e. The number of hydrogen-bond donors (Lipinski definition) is 0. The van der Waals surface area contributed by atoms with E-state index in [1.165, 1.54) is 36.2 Å². The van der Waals surface area contributed by atoms with Gasteiger partial charge in [0.15, 0.2) is 0 Å². The number of hydrogen-bond acceptors (Lipinski definition) is 3. The van der Waals surface area contributed by atoms with Gasteiger partial charge in [0.05, 0.1) is 16.5 Å². The zero-order chi connectivity index (χ0) is 21.2. The van der Waals surface area contributed by atoms with Crippen LogP contribution < -0.4 is 4.31 Å². The summed E-state index contributed by atoms with van der Waals surface area (Å²) in [5.74, 6) is -2.06. The van der Waals surface area contributed by atoms with Gasteiger partial charge in [-0.2, -0.15) is 13.2 Å². The molecule has 1 fully saturated rings. The van der Waals surface area contributed by atoms with E-state index < -0.39 is 28.0 Å². The molecule has 1 atom stereocenters. The highest BCUT2D eigenvalue weighted by atomic mass is 32.2. The van der Waals surface area contributed by atoms with Crippen molar-refractivity contribution in [1.29, 1.82) is 0 Å². The predicted molar refractivity (Wildman–Crippen MR) is 103 cm³/mol. The Kier molecular flexibility index (Phi) is 5.88. The molecule has 1 aliphatic heterocycles. The van der Waals surface area contributed by atoms with Gasteiger partial charge < -0.3 is 4.90 Å². The number of halogens is 3. The van der Waals surface area contributed by atoms with Crippen molar-refractivity contribution in [2.45, 2.75) is 23.9 Å². The van der Waals surface area contributed by atoms with Crippen molar-refractivity contribution < 1.29 is 26.4 Å². The maximum Gasteiger partial charge on any atom is 0.393 e. The first-order valence-corrected chi connectivity index (χ1v) is 10.5. The Labute approximate surface area is 167 Å². The summed E-state index contributed by atoms with van der Waals surface area (Å²) in [7, 11) is -2.40. The molecule has 156 valence electrons. The maximum absolute atomic E-state index is 13.0. The molecule has 1 aliphatic rings. The van der Waals surface area contributed by atoms with Crippen molar-refractivity contribution in [1.82, 2.24) is 4.90 Å². The van der Waals surface area contributed by atoms with Crippen LogP contribution in [0.3, 0.4) is 0 Å². The van der Waals surface area contributed by atoms with Crippen LogP contribution in [0.4, 0.5) is 18.9 Å². The third-order valence-electron chi connectivity index (χ3n) is 5.05. The zero-order valence-electron chi connectivity index (χ0n) is 15.8. The van der Waals surface area contributed by atoms with Crippen molar-refractivity contribution in [2.75, 3.05) is 24.4 Å². The molecule has 0 N–H and O–H groups in total. The molecule has 0 aliphatic carbocycles. The number of rotatable bonds is 4. The average molecular weight is 426 g/mol. The first-order chi connectivity index (χ1) is 13.6. The average Bonchev–Trinajstić information content (AvgIpc) is 2.73.